The Bertz CT molecular complexity index is 1230. The molecule has 0 bridgehead atoms. The number of aromatic hydroxyl groups is 1. The number of imide groups is 1. The summed E-state index contributed by atoms with van der Waals surface area (Å²) in [6.07, 6.45) is -1.04. The van der Waals surface area contributed by atoms with E-state index in [0.29, 0.717) is 27.7 Å². The Kier molecular flexibility index (Phi) is 5.52. The summed E-state index contributed by atoms with van der Waals surface area (Å²) >= 11 is 9.47. The Hall–Kier alpha value is -3.07. The SMILES string of the molecule is COc1ccc(N2C(=O)C3ON(c4ccc(Cl)cc4)C(c4cc(Br)ccc4O)C3C2=O)cc1. The van der Waals surface area contributed by atoms with Gasteiger partial charge in [-0.2, -0.15) is 0 Å². The van der Waals surface area contributed by atoms with E-state index in [1.54, 1.807) is 67.8 Å². The summed E-state index contributed by atoms with van der Waals surface area (Å²) in [5.41, 5.74) is 1.50. The number of carbonyl (C=O) groups excluding carboxylic acids is 2. The smallest absolute Gasteiger partial charge is 0.266 e. The summed E-state index contributed by atoms with van der Waals surface area (Å²) < 4.78 is 5.89. The van der Waals surface area contributed by atoms with Gasteiger partial charge >= 0.3 is 0 Å². The molecule has 0 aliphatic carbocycles. The molecule has 33 heavy (non-hydrogen) atoms. The molecule has 3 aromatic carbocycles. The second-order valence-corrected chi connectivity index (χ2v) is 9.06. The number of hydrogen-bond acceptors (Lipinski definition) is 6. The fourth-order valence-electron chi connectivity index (χ4n) is 4.29. The van der Waals surface area contributed by atoms with Gasteiger partial charge in [0.2, 0.25) is 5.91 Å². The van der Waals surface area contributed by atoms with Gasteiger partial charge in [0.1, 0.15) is 17.4 Å². The summed E-state index contributed by atoms with van der Waals surface area (Å²) in [7, 11) is 1.54. The minimum Gasteiger partial charge on any atom is -0.508 e. The number of hydrogen-bond donors (Lipinski definition) is 1. The van der Waals surface area contributed by atoms with Crippen molar-refractivity contribution in [3.63, 3.8) is 0 Å². The van der Waals surface area contributed by atoms with Crippen molar-refractivity contribution in [3.05, 3.63) is 81.8 Å². The molecule has 5 rings (SSSR count). The lowest BCUT2D eigenvalue weighted by Crippen LogP contribution is -2.37. The van der Waals surface area contributed by atoms with Crippen molar-refractivity contribution in [2.24, 2.45) is 5.92 Å². The van der Waals surface area contributed by atoms with Crippen LogP contribution in [0.3, 0.4) is 0 Å². The van der Waals surface area contributed by atoms with Crippen LogP contribution in [-0.2, 0) is 14.4 Å². The molecule has 168 valence electrons. The molecular weight excluding hydrogens is 512 g/mol. The fourth-order valence-corrected chi connectivity index (χ4v) is 4.80. The van der Waals surface area contributed by atoms with E-state index in [9.17, 15) is 14.7 Å². The first-order chi connectivity index (χ1) is 15.9. The molecule has 3 atom stereocenters. The van der Waals surface area contributed by atoms with Crippen LogP contribution in [0.1, 0.15) is 11.6 Å². The number of methoxy groups -OCH3 is 1. The zero-order chi connectivity index (χ0) is 23.3. The standard InChI is InChI=1S/C24H18BrClN2O5/c1-32-17-9-7-15(8-10-17)27-23(30)20-21(18-12-13(25)2-11-19(18)29)28(33-22(20)24(27)31)16-5-3-14(26)4-6-16/h2-12,20-22,29H,1H3. The van der Waals surface area contributed by atoms with Crippen molar-refractivity contribution in [2.45, 2.75) is 12.1 Å². The summed E-state index contributed by atoms with van der Waals surface area (Å²) in [6.45, 7) is 0. The Balaban J connectivity index is 1.59. The average Bonchev–Trinajstić information content (AvgIpc) is 3.32. The zero-order valence-electron chi connectivity index (χ0n) is 17.3. The third-order valence-electron chi connectivity index (χ3n) is 5.84. The number of halogens is 2. The van der Waals surface area contributed by atoms with Crippen molar-refractivity contribution in [1.29, 1.82) is 0 Å². The van der Waals surface area contributed by atoms with E-state index in [2.05, 4.69) is 15.9 Å². The Labute approximate surface area is 203 Å². The molecule has 0 radical (unpaired) electrons. The number of ether oxygens (including phenoxy) is 1. The second kappa shape index (κ2) is 8.37. The van der Waals surface area contributed by atoms with E-state index < -0.39 is 29.9 Å². The first-order valence-corrected chi connectivity index (χ1v) is 11.3. The molecule has 1 N–H and O–H groups in total. The second-order valence-electron chi connectivity index (χ2n) is 7.71. The van der Waals surface area contributed by atoms with Crippen LogP contribution in [0.2, 0.25) is 5.02 Å². The maximum Gasteiger partial charge on any atom is 0.266 e. The van der Waals surface area contributed by atoms with Crippen molar-refractivity contribution in [1.82, 2.24) is 0 Å². The first-order valence-electron chi connectivity index (χ1n) is 10.1. The van der Waals surface area contributed by atoms with Crippen molar-refractivity contribution >= 4 is 50.7 Å². The third kappa shape index (κ3) is 3.64. The minimum atomic E-state index is -1.04. The zero-order valence-corrected chi connectivity index (χ0v) is 19.7. The molecule has 2 heterocycles. The molecule has 2 aliphatic rings. The largest absolute Gasteiger partial charge is 0.508 e. The maximum atomic E-state index is 13.6. The number of phenols is 1. The predicted octanol–water partition coefficient (Wildman–Crippen LogP) is 4.87. The summed E-state index contributed by atoms with van der Waals surface area (Å²) in [5.74, 6) is -1.13. The van der Waals surface area contributed by atoms with Crippen LogP contribution >= 0.6 is 27.5 Å². The fraction of sp³-hybridized carbons (Fsp3) is 0.167. The van der Waals surface area contributed by atoms with Gasteiger partial charge in [-0.25, -0.2) is 9.96 Å². The van der Waals surface area contributed by atoms with Crippen LogP contribution in [0, 0.1) is 5.92 Å². The number of anilines is 2. The van der Waals surface area contributed by atoms with E-state index in [1.165, 1.54) is 11.1 Å². The molecule has 2 fully saturated rings. The van der Waals surface area contributed by atoms with E-state index in [1.807, 2.05) is 0 Å². The van der Waals surface area contributed by atoms with Crippen LogP contribution in [0.25, 0.3) is 0 Å². The topological polar surface area (TPSA) is 79.3 Å². The van der Waals surface area contributed by atoms with Crippen molar-refractivity contribution in [3.8, 4) is 11.5 Å². The van der Waals surface area contributed by atoms with Gasteiger partial charge in [0.05, 0.1) is 24.5 Å². The van der Waals surface area contributed by atoms with Gasteiger partial charge in [-0.1, -0.05) is 27.5 Å². The number of phenolic OH excluding ortho intramolecular Hbond substituents is 1. The highest BCUT2D eigenvalue weighted by Crippen LogP contribution is 2.49. The molecule has 7 nitrogen and oxygen atoms in total. The van der Waals surface area contributed by atoms with E-state index in [-0.39, 0.29) is 5.75 Å². The lowest BCUT2D eigenvalue weighted by Gasteiger charge is -2.29. The first kappa shape index (κ1) is 21.8. The predicted molar refractivity (Wildman–Crippen MR) is 126 cm³/mol. The van der Waals surface area contributed by atoms with Gasteiger partial charge in [0.25, 0.3) is 5.91 Å². The normalized spacial score (nSPS) is 22.1. The van der Waals surface area contributed by atoms with Crippen molar-refractivity contribution in [2.75, 3.05) is 17.1 Å². The molecule has 2 saturated heterocycles. The monoisotopic (exact) mass is 528 g/mol. The quantitative estimate of drug-likeness (QED) is 0.486. The molecule has 0 saturated carbocycles. The lowest BCUT2D eigenvalue weighted by molar-refractivity contribution is -0.126. The van der Waals surface area contributed by atoms with Crippen LogP contribution in [0.4, 0.5) is 11.4 Å². The van der Waals surface area contributed by atoms with Gasteiger partial charge in [-0.05, 0) is 66.7 Å². The summed E-state index contributed by atoms with van der Waals surface area (Å²) in [5, 5.41) is 12.7. The van der Waals surface area contributed by atoms with Crippen molar-refractivity contribution < 1.29 is 24.3 Å². The third-order valence-corrected chi connectivity index (χ3v) is 6.58. The number of fused-ring (bicyclic) bond motifs is 1. The molecule has 0 spiro atoms. The van der Waals surface area contributed by atoms with Gasteiger partial charge in [0.15, 0.2) is 6.10 Å². The van der Waals surface area contributed by atoms with E-state index in [0.717, 1.165) is 9.37 Å². The number of carbonyl (C=O) groups is 2. The van der Waals surface area contributed by atoms with Gasteiger partial charge in [-0.15, -0.1) is 0 Å². The molecular formula is C24H18BrClN2O5. The highest BCUT2D eigenvalue weighted by Gasteiger charge is 2.60. The minimum absolute atomic E-state index is 0.00504. The number of nitrogens with zero attached hydrogens (tertiary/aromatic N) is 2. The van der Waals surface area contributed by atoms with Gasteiger partial charge in [-0.3, -0.25) is 14.4 Å². The Morgan fingerprint density at radius 3 is 2.30 bits per heavy atom. The van der Waals surface area contributed by atoms with E-state index in [4.69, 9.17) is 21.2 Å². The number of rotatable bonds is 4. The van der Waals surface area contributed by atoms with Crippen LogP contribution < -0.4 is 14.7 Å². The van der Waals surface area contributed by atoms with Crippen LogP contribution in [0.5, 0.6) is 11.5 Å². The number of hydroxylamine groups is 1. The van der Waals surface area contributed by atoms with E-state index >= 15 is 0 Å². The Morgan fingerprint density at radius 2 is 1.64 bits per heavy atom. The maximum absolute atomic E-state index is 13.6. The van der Waals surface area contributed by atoms with Gasteiger partial charge in [0, 0.05) is 15.1 Å². The number of amides is 2. The molecule has 2 amide bonds. The Morgan fingerprint density at radius 1 is 0.970 bits per heavy atom. The number of benzene rings is 3. The molecule has 2 aliphatic heterocycles. The van der Waals surface area contributed by atoms with Crippen LogP contribution in [-0.4, -0.2) is 30.1 Å². The van der Waals surface area contributed by atoms with Gasteiger partial charge < -0.3 is 9.84 Å². The highest BCUT2D eigenvalue weighted by molar-refractivity contribution is 9.10. The molecule has 0 aromatic heterocycles. The average molecular weight is 530 g/mol. The summed E-state index contributed by atoms with van der Waals surface area (Å²) in [6, 6.07) is 17.7. The molecule has 3 aromatic rings. The summed E-state index contributed by atoms with van der Waals surface area (Å²) in [4.78, 5) is 34.2. The molecule has 9 heteroatoms. The highest BCUT2D eigenvalue weighted by atomic mass is 79.9. The molecule has 3 unspecified atom stereocenters. The lowest BCUT2D eigenvalue weighted by atomic mass is 9.90. The van der Waals surface area contributed by atoms with Crippen LogP contribution in [0.15, 0.2) is 71.2 Å².